The lowest BCUT2D eigenvalue weighted by Crippen LogP contribution is -2.43. The van der Waals surface area contributed by atoms with Crippen LogP contribution in [0.4, 0.5) is 13.2 Å². The number of benzene rings is 2. The molecule has 3 rings (SSSR count). The molecule has 35 heavy (non-hydrogen) atoms. The number of methoxy groups -OCH3 is 1. The first kappa shape index (κ1) is 25.9. The van der Waals surface area contributed by atoms with Crippen molar-refractivity contribution < 1.29 is 37.0 Å². The molecule has 188 valence electrons. The molecule has 1 aliphatic heterocycles. The third-order valence-electron chi connectivity index (χ3n) is 5.30. The van der Waals surface area contributed by atoms with Crippen molar-refractivity contribution >= 4 is 17.7 Å². The molecule has 0 saturated heterocycles. The molecule has 2 N–H and O–H groups in total. The van der Waals surface area contributed by atoms with E-state index in [1.165, 1.54) is 24.1 Å². The number of ether oxygens (including phenoxy) is 2. The third-order valence-corrected chi connectivity index (χ3v) is 5.30. The summed E-state index contributed by atoms with van der Waals surface area (Å²) in [4.78, 5) is 39.1. The van der Waals surface area contributed by atoms with E-state index >= 15 is 0 Å². The first-order chi connectivity index (χ1) is 16.7. The van der Waals surface area contributed by atoms with Gasteiger partial charge >= 0.3 is 6.18 Å². The van der Waals surface area contributed by atoms with Crippen LogP contribution in [0.25, 0.3) is 0 Å². The monoisotopic (exact) mass is 493 g/mol. The second-order valence-electron chi connectivity index (χ2n) is 7.86. The van der Waals surface area contributed by atoms with E-state index in [1.54, 1.807) is 18.2 Å². The average molecular weight is 493 g/mol. The molecule has 2 aromatic rings. The Morgan fingerprint density at radius 2 is 1.91 bits per heavy atom. The summed E-state index contributed by atoms with van der Waals surface area (Å²) in [6, 6.07) is 9.30. The summed E-state index contributed by atoms with van der Waals surface area (Å²) in [5.74, 6) is -0.474. The van der Waals surface area contributed by atoms with Crippen LogP contribution >= 0.6 is 0 Å². The van der Waals surface area contributed by atoms with Crippen molar-refractivity contribution in [1.82, 2.24) is 15.5 Å². The number of carbonyl (C=O) groups is 3. The van der Waals surface area contributed by atoms with Crippen molar-refractivity contribution in [2.24, 2.45) is 0 Å². The highest BCUT2D eigenvalue weighted by Gasteiger charge is 2.30. The van der Waals surface area contributed by atoms with Gasteiger partial charge in [0.15, 0.2) is 0 Å². The van der Waals surface area contributed by atoms with Gasteiger partial charge in [0.05, 0.1) is 37.7 Å². The minimum absolute atomic E-state index is 0.0668. The van der Waals surface area contributed by atoms with Gasteiger partial charge < -0.3 is 25.0 Å². The molecule has 11 heteroatoms. The molecule has 0 spiro atoms. The molecule has 0 radical (unpaired) electrons. The lowest BCUT2D eigenvalue weighted by atomic mass is 10.1. The van der Waals surface area contributed by atoms with Crippen LogP contribution in [0.1, 0.15) is 27.9 Å². The summed E-state index contributed by atoms with van der Waals surface area (Å²) < 4.78 is 49.8. The number of hydrogen-bond acceptors (Lipinski definition) is 5. The van der Waals surface area contributed by atoms with Gasteiger partial charge in [0.25, 0.3) is 5.91 Å². The van der Waals surface area contributed by atoms with Crippen LogP contribution in [0.5, 0.6) is 11.5 Å². The fourth-order valence-corrected chi connectivity index (χ4v) is 3.52. The minimum Gasteiger partial charge on any atom is -0.497 e. The molecule has 2 aromatic carbocycles. The van der Waals surface area contributed by atoms with E-state index in [-0.39, 0.29) is 50.7 Å². The Balaban J connectivity index is 1.70. The molecule has 0 saturated carbocycles. The molecular weight excluding hydrogens is 467 g/mol. The van der Waals surface area contributed by atoms with Crippen molar-refractivity contribution in [2.45, 2.75) is 19.0 Å². The van der Waals surface area contributed by atoms with E-state index < -0.39 is 23.6 Å². The highest BCUT2D eigenvalue weighted by molar-refractivity contribution is 5.97. The van der Waals surface area contributed by atoms with Crippen molar-refractivity contribution in [2.75, 3.05) is 39.9 Å². The molecule has 0 atom stereocenters. The van der Waals surface area contributed by atoms with Gasteiger partial charge in [-0.3, -0.25) is 14.4 Å². The molecule has 1 aliphatic rings. The Kier molecular flexibility index (Phi) is 8.56. The molecule has 0 bridgehead atoms. The van der Waals surface area contributed by atoms with E-state index in [4.69, 9.17) is 9.47 Å². The first-order valence-corrected chi connectivity index (χ1v) is 11.0. The number of hydrogen-bond donors (Lipinski definition) is 2. The van der Waals surface area contributed by atoms with Crippen LogP contribution in [0, 0.1) is 0 Å². The predicted molar refractivity (Wildman–Crippen MR) is 120 cm³/mol. The number of nitrogens with zero attached hydrogens (tertiary/aromatic N) is 1. The van der Waals surface area contributed by atoms with Gasteiger partial charge in [0, 0.05) is 19.2 Å². The molecular formula is C24H26F3N3O5. The van der Waals surface area contributed by atoms with Crippen LogP contribution in [0.15, 0.2) is 42.5 Å². The number of rotatable bonds is 3. The van der Waals surface area contributed by atoms with Crippen LogP contribution in [-0.2, 0) is 22.2 Å². The Hall–Kier alpha value is -3.76. The zero-order chi connectivity index (χ0) is 25.4. The third kappa shape index (κ3) is 7.36. The van der Waals surface area contributed by atoms with E-state index in [1.807, 2.05) is 0 Å². The first-order valence-electron chi connectivity index (χ1n) is 11.0. The number of nitrogens with one attached hydrogen (secondary N) is 2. The minimum atomic E-state index is -4.52. The molecule has 0 aromatic heterocycles. The van der Waals surface area contributed by atoms with E-state index in [9.17, 15) is 27.6 Å². The quantitative estimate of drug-likeness (QED) is 0.685. The van der Waals surface area contributed by atoms with Gasteiger partial charge in [0.1, 0.15) is 18.1 Å². The SMILES string of the molecule is COc1ccc2c(c1)OCCNC(=O)CN(C(=O)Cc1cccc(C(F)(F)F)c1)CCCNC2=O. The second kappa shape index (κ2) is 11.6. The fourth-order valence-electron chi connectivity index (χ4n) is 3.52. The highest BCUT2D eigenvalue weighted by Crippen LogP contribution is 2.29. The molecule has 1 heterocycles. The maximum atomic E-state index is 13.0. The summed E-state index contributed by atoms with van der Waals surface area (Å²) >= 11 is 0. The predicted octanol–water partition coefficient (Wildman–Crippen LogP) is 2.41. The van der Waals surface area contributed by atoms with Gasteiger partial charge in [0.2, 0.25) is 11.8 Å². The summed E-state index contributed by atoms with van der Waals surface area (Å²) in [7, 11) is 1.49. The molecule has 3 amide bonds. The standard InChI is InChI=1S/C24H26F3N3O5/c1-34-18-6-7-19-20(14-18)35-11-9-28-21(31)15-30(10-3-8-29-23(19)33)22(32)13-16-4-2-5-17(12-16)24(25,26)27/h2,4-7,12,14H,3,8-11,13,15H2,1H3,(H,28,31)(H,29,33). The normalized spacial score (nSPS) is 15.7. The summed E-state index contributed by atoms with van der Waals surface area (Å²) in [5.41, 5.74) is -0.354. The van der Waals surface area contributed by atoms with Crippen molar-refractivity contribution in [3.8, 4) is 11.5 Å². The lowest BCUT2D eigenvalue weighted by Gasteiger charge is -2.23. The van der Waals surface area contributed by atoms with Crippen molar-refractivity contribution in [3.63, 3.8) is 0 Å². The number of alkyl halides is 3. The average Bonchev–Trinajstić information content (AvgIpc) is 2.82. The fraction of sp³-hybridized carbons (Fsp3) is 0.375. The number of amides is 3. The number of carbonyl (C=O) groups excluding carboxylic acids is 3. The Labute approximate surface area is 200 Å². The zero-order valence-electron chi connectivity index (χ0n) is 19.1. The summed E-state index contributed by atoms with van der Waals surface area (Å²) in [6.45, 7) is 0.261. The molecule has 0 aliphatic carbocycles. The Morgan fingerprint density at radius 3 is 2.66 bits per heavy atom. The van der Waals surface area contributed by atoms with E-state index in [0.717, 1.165) is 12.1 Å². The Bertz CT molecular complexity index is 1070. The van der Waals surface area contributed by atoms with Crippen LogP contribution in [-0.4, -0.2) is 62.5 Å². The van der Waals surface area contributed by atoms with Gasteiger partial charge in [-0.15, -0.1) is 0 Å². The smallest absolute Gasteiger partial charge is 0.416 e. The Morgan fingerprint density at radius 1 is 1.11 bits per heavy atom. The second-order valence-corrected chi connectivity index (χ2v) is 7.86. The maximum Gasteiger partial charge on any atom is 0.416 e. The van der Waals surface area contributed by atoms with Gasteiger partial charge in [-0.25, -0.2) is 0 Å². The van der Waals surface area contributed by atoms with Gasteiger partial charge in [-0.05, 0) is 30.2 Å². The zero-order valence-corrected chi connectivity index (χ0v) is 19.1. The van der Waals surface area contributed by atoms with Crippen LogP contribution < -0.4 is 20.1 Å². The molecule has 0 fully saturated rings. The lowest BCUT2D eigenvalue weighted by molar-refractivity contribution is -0.138. The van der Waals surface area contributed by atoms with E-state index in [0.29, 0.717) is 23.5 Å². The van der Waals surface area contributed by atoms with Gasteiger partial charge in [-0.2, -0.15) is 13.2 Å². The van der Waals surface area contributed by atoms with Crippen LogP contribution in [0.3, 0.4) is 0 Å². The summed E-state index contributed by atoms with van der Waals surface area (Å²) in [6.07, 6.45) is -4.48. The van der Waals surface area contributed by atoms with Crippen LogP contribution in [0.2, 0.25) is 0 Å². The van der Waals surface area contributed by atoms with E-state index in [2.05, 4.69) is 10.6 Å². The highest BCUT2D eigenvalue weighted by atomic mass is 19.4. The number of fused-ring (bicyclic) bond motifs is 1. The largest absolute Gasteiger partial charge is 0.497 e. The van der Waals surface area contributed by atoms with Crippen molar-refractivity contribution in [3.05, 3.63) is 59.2 Å². The maximum absolute atomic E-state index is 13.0. The molecule has 8 nitrogen and oxygen atoms in total. The number of halogens is 3. The van der Waals surface area contributed by atoms with Crippen molar-refractivity contribution in [1.29, 1.82) is 0 Å². The topological polar surface area (TPSA) is 97.0 Å². The van der Waals surface area contributed by atoms with Gasteiger partial charge in [-0.1, -0.05) is 18.2 Å². The molecule has 0 unspecified atom stereocenters. The summed E-state index contributed by atoms with van der Waals surface area (Å²) in [5, 5.41) is 5.40.